The molecule has 0 aliphatic carbocycles. The molecule has 4 nitrogen and oxygen atoms in total. The Hall–Kier alpha value is -1.25. The van der Waals surface area contributed by atoms with E-state index in [-0.39, 0.29) is 5.91 Å². The first kappa shape index (κ1) is 15.8. The average Bonchev–Trinajstić information content (AvgIpc) is 2.37. The van der Waals surface area contributed by atoms with Crippen LogP contribution < -0.4 is 5.32 Å². The fourth-order valence-electron chi connectivity index (χ4n) is 1.36. The van der Waals surface area contributed by atoms with E-state index < -0.39 is 5.72 Å². The Morgan fingerprint density at radius 3 is 2.63 bits per heavy atom. The maximum absolute atomic E-state index is 11.6. The Balaban J connectivity index is 2.24. The molecule has 0 heterocycles. The predicted molar refractivity (Wildman–Crippen MR) is 80.0 cm³/mol. The molecule has 0 aliphatic rings. The minimum absolute atomic E-state index is 0.0148. The van der Waals surface area contributed by atoms with Crippen molar-refractivity contribution >= 4 is 22.0 Å². The minimum Gasteiger partial charge on any atom is -0.352 e. The van der Waals surface area contributed by atoms with Gasteiger partial charge in [0, 0.05) is 20.4 Å². The van der Waals surface area contributed by atoms with Crippen LogP contribution in [0.1, 0.15) is 25.8 Å². The maximum atomic E-state index is 11.6. The van der Waals surface area contributed by atoms with Crippen molar-refractivity contribution in [3.05, 3.63) is 35.9 Å². The molecule has 19 heavy (non-hydrogen) atoms. The summed E-state index contributed by atoms with van der Waals surface area (Å²) < 4.78 is 7.24. The first-order chi connectivity index (χ1) is 8.92. The van der Waals surface area contributed by atoms with Crippen molar-refractivity contribution in [3.63, 3.8) is 0 Å². The number of carbonyl (C=O) groups excluding carboxylic acids is 1. The number of hydrogen-bond donors (Lipinski definition) is 1. The summed E-state index contributed by atoms with van der Waals surface area (Å²) in [7, 11) is 2.46. The number of nitrogens with one attached hydrogen (secondary N) is 1. The van der Waals surface area contributed by atoms with Crippen LogP contribution in [-0.2, 0) is 16.1 Å². The number of benzene rings is 1. The quantitative estimate of drug-likeness (QED) is 0.471. The van der Waals surface area contributed by atoms with Crippen LogP contribution >= 0.6 is 9.39 Å². The van der Waals surface area contributed by atoms with E-state index in [1.165, 1.54) is 0 Å². The Bertz CT molecular complexity index is 432. The van der Waals surface area contributed by atoms with Gasteiger partial charge in [0.2, 0.25) is 5.91 Å². The monoisotopic (exact) mass is 281 g/mol. The lowest BCUT2D eigenvalue weighted by Crippen LogP contribution is -2.34. The number of ether oxygens (including phenoxy) is 1. The van der Waals surface area contributed by atoms with Gasteiger partial charge >= 0.3 is 0 Å². The highest BCUT2D eigenvalue weighted by atomic mass is 31.0. The fourth-order valence-corrected chi connectivity index (χ4v) is 1.44. The molecular weight excluding hydrogens is 259 g/mol. The van der Waals surface area contributed by atoms with Crippen molar-refractivity contribution in [1.82, 2.24) is 5.32 Å². The van der Waals surface area contributed by atoms with Crippen LogP contribution in [0.4, 0.5) is 0 Å². The molecule has 1 aromatic rings. The van der Waals surface area contributed by atoms with Crippen molar-refractivity contribution in [3.8, 4) is 0 Å². The molecular formula is C14H22N2O2P+. The largest absolute Gasteiger partial charge is 0.352 e. The first-order valence-electron chi connectivity index (χ1n) is 6.22. The van der Waals surface area contributed by atoms with Gasteiger partial charge < -0.3 is 10.1 Å². The summed E-state index contributed by atoms with van der Waals surface area (Å²) in [6, 6.07) is 9.82. The molecule has 1 aromatic carbocycles. The van der Waals surface area contributed by atoms with Crippen molar-refractivity contribution in [2.75, 3.05) is 6.61 Å². The van der Waals surface area contributed by atoms with Crippen molar-refractivity contribution in [1.29, 1.82) is 0 Å². The van der Waals surface area contributed by atoms with E-state index in [0.717, 1.165) is 5.56 Å². The molecule has 1 rings (SSSR count). The van der Waals surface area contributed by atoms with Crippen LogP contribution in [0.3, 0.4) is 0 Å². The molecule has 0 bridgehead atoms. The smallest absolute Gasteiger partial charge is 0.261 e. The number of carbonyl (C=O) groups is 1. The normalized spacial score (nSPS) is 11.1. The summed E-state index contributed by atoms with van der Waals surface area (Å²) in [5.41, 5.74) is 0.593. The molecule has 0 aromatic heterocycles. The van der Waals surface area contributed by atoms with Crippen LogP contribution in [0.5, 0.6) is 0 Å². The van der Waals surface area contributed by atoms with Gasteiger partial charge in [-0.3, -0.25) is 4.79 Å². The van der Waals surface area contributed by atoms with Crippen LogP contribution in [0.15, 0.2) is 30.3 Å². The third kappa shape index (κ3) is 5.95. The third-order valence-electron chi connectivity index (χ3n) is 2.81. The zero-order valence-corrected chi connectivity index (χ0v) is 12.7. The van der Waals surface area contributed by atoms with Gasteiger partial charge in [-0.2, -0.15) is 0 Å². The summed E-state index contributed by atoms with van der Waals surface area (Å²) in [6.07, 6.45) is 0.342. The van der Waals surface area contributed by atoms with Crippen molar-refractivity contribution in [2.24, 2.45) is 0 Å². The topological polar surface area (TPSA) is 41.3 Å². The minimum atomic E-state index is -0.496. The Kier molecular flexibility index (Phi) is 6.13. The molecule has 0 fully saturated rings. The van der Waals surface area contributed by atoms with Gasteiger partial charge in [0.25, 0.3) is 5.72 Å². The van der Waals surface area contributed by atoms with E-state index in [2.05, 4.69) is 21.4 Å². The lowest BCUT2D eigenvalue weighted by atomic mass is 10.2. The summed E-state index contributed by atoms with van der Waals surface area (Å²) >= 11 is 0. The SMILES string of the molecule is C=[N+](P)C(C)(C)OCCC(=O)NCc1ccccc1. The summed E-state index contributed by atoms with van der Waals surface area (Å²) in [5.74, 6) is -0.0148. The Morgan fingerprint density at radius 2 is 2.05 bits per heavy atom. The molecule has 5 heteroatoms. The van der Waals surface area contributed by atoms with Gasteiger partial charge in [-0.05, 0) is 5.56 Å². The second kappa shape index (κ2) is 7.37. The standard InChI is InChI=1S/C14H21N2O2P/c1-14(2,16(3)19)18-10-9-13(17)15-11-12-7-5-4-6-8-12/h4-8H,3,9-11,19H2,1-2H3/p+1. The molecule has 1 amide bonds. The van der Waals surface area contributed by atoms with Crippen molar-refractivity contribution < 1.29 is 13.9 Å². The maximum Gasteiger partial charge on any atom is 0.261 e. The van der Waals surface area contributed by atoms with Crippen LogP contribution in [-0.4, -0.2) is 29.3 Å². The van der Waals surface area contributed by atoms with E-state index >= 15 is 0 Å². The molecule has 104 valence electrons. The molecule has 0 radical (unpaired) electrons. The number of amides is 1. The fraction of sp³-hybridized carbons (Fsp3) is 0.429. The Morgan fingerprint density at radius 1 is 1.42 bits per heavy atom. The van der Waals surface area contributed by atoms with Gasteiger partial charge in [0.05, 0.1) is 13.0 Å². The van der Waals surface area contributed by atoms with Crippen molar-refractivity contribution in [2.45, 2.75) is 32.5 Å². The van der Waals surface area contributed by atoms with E-state index in [4.69, 9.17) is 4.74 Å². The predicted octanol–water partition coefficient (Wildman–Crippen LogP) is 1.95. The molecule has 0 saturated heterocycles. The lowest BCUT2D eigenvalue weighted by molar-refractivity contribution is -0.519. The molecule has 1 N–H and O–H groups in total. The average molecular weight is 281 g/mol. The first-order valence-corrected chi connectivity index (χ1v) is 6.73. The highest BCUT2D eigenvalue weighted by Gasteiger charge is 2.26. The van der Waals surface area contributed by atoms with E-state index in [1.54, 1.807) is 4.35 Å². The molecule has 0 saturated carbocycles. The van der Waals surface area contributed by atoms with E-state index in [9.17, 15) is 4.79 Å². The number of rotatable bonds is 7. The number of nitrogens with zero attached hydrogens (tertiary/aromatic N) is 1. The zero-order chi connectivity index (χ0) is 14.3. The zero-order valence-electron chi connectivity index (χ0n) is 11.6. The molecule has 1 unspecified atom stereocenters. The highest BCUT2D eigenvalue weighted by Crippen LogP contribution is 2.13. The molecule has 1 atom stereocenters. The van der Waals surface area contributed by atoms with Crippen LogP contribution in [0, 0.1) is 0 Å². The van der Waals surface area contributed by atoms with E-state index in [1.807, 2.05) is 44.2 Å². The Labute approximate surface area is 117 Å². The van der Waals surface area contributed by atoms with Gasteiger partial charge in [-0.1, -0.05) is 30.3 Å². The van der Waals surface area contributed by atoms with Gasteiger partial charge in [-0.15, -0.1) is 0 Å². The van der Waals surface area contributed by atoms with Gasteiger partial charge in [0.1, 0.15) is 6.72 Å². The second-order valence-corrected chi connectivity index (χ2v) is 5.40. The van der Waals surface area contributed by atoms with Crippen LogP contribution in [0.2, 0.25) is 0 Å². The molecule has 0 spiro atoms. The van der Waals surface area contributed by atoms with Gasteiger partial charge in [0.15, 0.2) is 9.39 Å². The second-order valence-electron chi connectivity index (χ2n) is 4.78. The summed E-state index contributed by atoms with van der Waals surface area (Å²) in [4.78, 5) is 11.6. The number of hydrogen-bond acceptors (Lipinski definition) is 2. The highest BCUT2D eigenvalue weighted by molar-refractivity contribution is 7.08. The third-order valence-corrected chi connectivity index (χ3v) is 3.43. The summed E-state index contributed by atoms with van der Waals surface area (Å²) in [5, 5.41) is 2.86. The summed E-state index contributed by atoms with van der Waals surface area (Å²) in [6.45, 7) is 8.47. The lowest BCUT2D eigenvalue weighted by Gasteiger charge is -2.19. The molecule has 0 aliphatic heterocycles. The van der Waals surface area contributed by atoms with E-state index in [0.29, 0.717) is 19.6 Å². The van der Waals surface area contributed by atoms with Gasteiger partial charge in [-0.25, -0.2) is 4.35 Å². The van der Waals surface area contributed by atoms with Crippen LogP contribution in [0.25, 0.3) is 0 Å².